The maximum absolute atomic E-state index is 13.6. The molecular weight excluding hydrogens is 424 g/mol. The van der Waals surface area contributed by atoms with Crippen LogP contribution in [0.15, 0.2) is 71.3 Å². The van der Waals surface area contributed by atoms with Crippen molar-refractivity contribution in [3.8, 4) is 0 Å². The summed E-state index contributed by atoms with van der Waals surface area (Å²) in [5.74, 6) is -1.55. The van der Waals surface area contributed by atoms with E-state index in [1.54, 1.807) is 36.3 Å². The van der Waals surface area contributed by atoms with Crippen LogP contribution in [0.25, 0.3) is 0 Å². The van der Waals surface area contributed by atoms with Gasteiger partial charge in [-0.3, -0.25) is 14.4 Å². The zero-order valence-corrected chi connectivity index (χ0v) is 18.1. The number of rotatable bonds is 5. The number of benzene rings is 2. The highest BCUT2D eigenvalue weighted by molar-refractivity contribution is 6.24. The summed E-state index contributed by atoms with van der Waals surface area (Å²) in [5.41, 5.74) is 2.42. The third-order valence-electron chi connectivity index (χ3n) is 5.94. The summed E-state index contributed by atoms with van der Waals surface area (Å²) < 4.78 is 10.6. The Balaban J connectivity index is 1.49. The van der Waals surface area contributed by atoms with Gasteiger partial charge < -0.3 is 9.15 Å². The number of hydrogen-bond donors (Lipinski definition) is 0. The molecule has 0 spiro atoms. The topological polar surface area (TPSA) is 89.3 Å². The molecule has 33 heavy (non-hydrogen) atoms. The average molecular weight is 446 g/mol. The number of furan rings is 1. The van der Waals surface area contributed by atoms with E-state index in [-0.39, 0.29) is 12.5 Å². The molecule has 0 saturated carbocycles. The Hall–Kier alpha value is -3.91. The number of carbonyl (C=O) groups excluding carboxylic acids is 3. The molecule has 0 aliphatic carbocycles. The lowest BCUT2D eigenvalue weighted by atomic mass is 9.94. The number of esters is 1. The second-order valence-electron chi connectivity index (χ2n) is 7.90. The molecule has 3 heterocycles. The molecule has 2 saturated heterocycles. The van der Waals surface area contributed by atoms with Crippen molar-refractivity contribution in [2.45, 2.75) is 26.0 Å². The molecule has 1 aromatic heterocycles. The molecule has 2 aromatic carbocycles. The van der Waals surface area contributed by atoms with E-state index in [0.29, 0.717) is 17.0 Å². The number of aryl methyl sites for hydroxylation is 1. The molecule has 2 aliphatic rings. The minimum atomic E-state index is -0.989. The minimum Gasteiger partial charge on any atom is -0.467 e. The number of amides is 2. The monoisotopic (exact) mass is 446 g/mol. The van der Waals surface area contributed by atoms with Crippen LogP contribution < -0.4 is 9.96 Å². The third-order valence-corrected chi connectivity index (χ3v) is 5.94. The predicted octanol–water partition coefficient (Wildman–Crippen LogP) is 3.82. The molecular formula is C25H22N2O6. The zero-order chi connectivity index (χ0) is 23.1. The van der Waals surface area contributed by atoms with Crippen molar-refractivity contribution in [2.75, 3.05) is 16.6 Å². The standard InChI is InChI=1S/C25H22N2O6/c1-3-31-25(30)16-10-12-17(13-11-16)26-23(28)20-21(19-9-6-14-32-19)27(33-22(20)24(26)29)18-8-5-4-7-15(18)2/h4-14,20-22H,3H2,1-2H3/t20-,21+,22+/m1/s1. The van der Waals surface area contributed by atoms with Gasteiger partial charge in [-0.15, -0.1) is 0 Å². The van der Waals surface area contributed by atoms with Gasteiger partial charge >= 0.3 is 5.97 Å². The minimum absolute atomic E-state index is 0.260. The Morgan fingerprint density at radius 3 is 2.42 bits per heavy atom. The molecule has 5 rings (SSSR count). The highest BCUT2D eigenvalue weighted by atomic mass is 16.7. The smallest absolute Gasteiger partial charge is 0.338 e. The SMILES string of the molecule is CCOC(=O)c1ccc(N2C(=O)[C@H]3[C@H](ON(c4ccccc4C)[C@H]3c3ccco3)C2=O)cc1. The number of fused-ring (bicyclic) bond motifs is 1. The fraction of sp³-hybridized carbons (Fsp3) is 0.240. The Morgan fingerprint density at radius 1 is 1.00 bits per heavy atom. The number of ether oxygens (including phenoxy) is 1. The molecule has 3 aromatic rings. The van der Waals surface area contributed by atoms with Gasteiger partial charge in [0.1, 0.15) is 17.7 Å². The van der Waals surface area contributed by atoms with Crippen molar-refractivity contribution in [1.29, 1.82) is 0 Å². The van der Waals surface area contributed by atoms with Crippen molar-refractivity contribution in [1.82, 2.24) is 0 Å². The fourth-order valence-corrected chi connectivity index (χ4v) is 4.40. The Morgan fingerprint density at radius 2 is 1.76 bits per heavy atom. The van der Waals surface area contributed by atoms with Gasteiger partial charge in [-0.2, -0.15) is 0 Å². The van der Waals surface area contributed by atoms with Crippen molar-refractivity contribution in [2.24, 2.45) is 5.92 Å². The number of anilines is 2. The molecule has 3 atom stereocenters. The molecule has 0 bridgehead atoms. The van der Waals surface area contributed by atoms with E-state index in [2.05, 4.69) is 0 Å². The van der Waals surface area contributed by atoms with Gasteiger partial charge in [-0.1, -0.05) is 18.2 Å². The number of imide groups is 1. The first-order chi connectivity index (χ1) is 16.0. The lowest BCUT2D eigenvalue weighted by Crippen LogP contribution is -2.37. The fourth-order valence-electron chi connectivity index (χ4n) is 4.40. The molecule has 0 N–H and O–H groups in total. The summed E-state index contributed by atoms with van der Waals surface area (Å²) in [7, 11) is 0. The molecule has 2 aliphatic heterocycles. The molecule has 168 valence electrons. The van der Waals surface area contributed by atoms with Crippen LogP contribution in [0, 0.1) is 12.8 Å². The lowest BCUT2D eigenvalue weighted by molar-refractivity contribution is -0.126. The first-order valence-electron chi connectivity index (χ1n) is 10.7. The van der Waals surface area contributed by atoms with Crippen LogP contribution in [0.3, 0.4) is 0 Å². The summed E-state index contributed by atoms with van der Waals surface area (Å²) in [5, 5.41) is 1.61. The summed E-state index contributed by atoms with van der Waals surface area (Å²) in [6.07, 6.45) is 0.545. The van der Waals surface area contributed by atoms with Crippen LogP contribution in [0.4, 0.5) is 11.4 Å². The first kappa shape index (κ1) is 21.0. The van der Waals surface area contributed by atoms with Crippen molar-refractivity contribution < 1.29 is 28.4 Å². The largest absolute Gasteiger partial charge is 0.467 e. The van der Waals surface area contributed by atoms with Crippen LogP contribution in [0.2, 0.25) is 0 Å². The van der Waals surface area contributed by atoms with Crippen LogP contribution in [0.5, 0.6) is 0 Å². The van der Waals surface area contributed by atoms with Crippen molar-refractivity contribution >= 4 is 29.2 Å². The number of carbonyl (C=O) groups is 3. The Labute approximate surface area is 190 Å². The van der Waals surface area contributed by atoms with E-state index >= 15 is 0 Å². The van der Waals surface area contributed by atoms with Crippen LogP contribution >= 0.6 is 0 Å². The van der Waals surface area contributed by atoms with Gasteiger partial charge in [0, 0.05) is 0 Å². The Bertz CT molecular complexity index is 1200. The second kappa shape index (κ2) is 8.22. The highest BCUT2D eigenvalue weighted by Gasteiger charge is 2.61. The number of hydroxylamine groups is 1. The van der Waals surface area contributed by atoms with E-state index in [4.69, 9.17) is 14.0 Å². The normalized spacial score (nSPS) is 22.1. The quantitative estimate of drug-likeness (QED) is 0.435. The average Bonchev–Trinajstić information content (AvgIpc) is 3.52. The Kier molecular flexibility index (Phi) is 5.22. The summed E-state index contributed by atoms with van der Waals surface area (Å²) in [6, 6.07) is 16.7. The molecule has 8 nitrogen and oxygen atoms in total. The number of hydrogen-bond acceptors (Lipinski definition) is 7. The van der Waals surface area contributed by atoms with Crippen LogP contribution in [0.1, 0.15) is 34.6 Å². The van der Waals surface area contributed by atoms with Gasteiger partial charge in [0.2, 0.25) is 5.91 Å². The van der Waals surface area contributed by atoms with Gasteiger partial charge in [0.25, 0.3) is 5.91 Å². The number of nitrogens with zero attached hydrogens (tertiary/aromatic N) is 2. The van der Waals surface area contributed by atoms with E-state index in [1.165, 1.54) is 18.4 Å². The molecule has 2 fully saturated rings. The van der Waals surface area contributed by atoms with E-state index < -0.39 is 29.9 Å². The van der Waals surface area contributed by atoms with Crippen molar-refractivity contribution in [3.05, 3.63) is 83.8 Å². The maximum Gasteiger partial charge on any atom is 0.338 e. The second-order valence-corrected chi connectivity index (χ2v) is 7.90. The van der Waals surface area contributed by atoms with Crippen LogP contribution in [-0.4, -0.2) is 30.5 Å². The summed E-state index contributed by atoms with van der Waals surface area (Å²) >= 11 is 0. The summed E-state index contributed by atoms with van der Waals surface area (Å²) in [6.45, 7) is 3.92. The van der Waals surface area contributed by atoms with Gasteiger partial charge in [-0.25, -0.2) is 14.8 Å². The maximum atomic E-state index is 13.6. The van der Waals surface area contributed by atoms with Gasteiger partial charge in [0.05, 0.1) is 29.8 Å². The number of para-hydroxylation sites is 1. The van der Waals surface area contributed by atoms with E-state index in [1.807, 2.05) is 31.2 Å². The zero-order valence-electron chi connectivity index (χ0n) is 18.1. The van der Waals surface area contributed by atoms with Crippen LogP contribution in [-0.2, 0) is 19.2 Å². The predicted molar refractivity (Wildman–Crippen MR) is 118 cm³/mol. The molecule has 0 unspecified atom stereocenters. The lowest BCUT2D eigenvalue weighted by Gasteiger charge is -2.28. The van der Waals surface area contributed by atoms with Crippen molar-refractivity contribution in [3.63, 3.8) is 0 Å². The highest BCUT2D eigenvalue weighted by Crippen LogP contribution is 2.48. The summed E-state index contributed by atoms with van der Waals surface area (Å²) in [4.78, 5) is 46.0. The first-order valence-corrected chi connectivity index (χ1v) is 10.7. The van der Waals surface area contributed by atoms with Gasteiger partial charge in [-0.05, 0) is 61.9 Å². The molecule has 0 radical (unpaired) electrons. The molecule has 8 heteroatoms. The third kappa shape index (κ3) is 3.39. The molecule has 2 amide bonds. The van der Waals surface area contributed by atoms with E-state index in [0.717, 1.165) is 16.2 Å². The van der Waals surface area contributed by atoms with E-state index in [9.17, 15) is 14.4 Å². The van der Waals surface area contributed by atoms with Gasteiger partial charge in [0.15, 0.2) is 6.10 Å².